The maximum atomic E-state index is 12.4. The smallest absolute Gasteiger partial charge is 0.306 e. The van der Waals surface area contributed by atoms with Gasteiger partial charge in [-0.2, -0.15) is 81.0 Å². The highest BCUT2D eigenvalue weighted by Gasteiger charge is 2.22. The molecule has 406 valence electrons. The molecule has 0 aromatic carbocycles. The Bertz CT molecular complexity index is 1200. The summed E-state index contributed by atoms with van der Waals surface area (Å²) in [6.07, 6.45) is 18.8. The van der Waals surface area contributed by atoms with E-state index in [1.165, 1.54) is 44.9 Å². The van der Waals surface area contributed by atoms with Crippen LogP contribution < -0.4 is 10.6 Å². The Labute approximate surface area is 446 Å². The van der Waals surface area contributed by atoms with E-state index >= 15 is 0 Å². The number of amides is 2. The van der Waals surface area contributed by atoms with Crippen LogP contribution in [0.5, 0.6) is 0 Å². The van der Waals surface area contributed by atoms with Crippen LogP contribution in [0, 0.1) is 11.8 Å². The van der Waals surface area contributed by atoms with E-state index in [4.69, 9.17) is 29.2 Å². The molecular formula is C45H96N2O14S6. The first-order valence-electron chi connectivity index (χ1n) is 22.5. The zero-order valence-corrected chi connectivity index (χ0v) is 45.5. The number of carboxylic acid groups (broad SMARTS) is 3. The van der Waals surface area contributed by atoms with Crippen molar-refractivity contribution >= 4 is 122 Å². The molecule has 2 amide bonds. The first kappa shape index (κ1) is 82.5. The number of carbonyl (C=O) groups excluding carboxylic acids is 4. The number of aliphatic carboxylic acids is 3. The van der Waals surface area contributed by atoms with Gasteiger partial charge >= 0.3 is 17.9 Å². The van der Waals surface area contributed by atoms with E-state index in [1.807, 2.05) is 0 Å². The highest BCUT2D eigenvalue weighted by atomic mass is 32.1. The second-order valence-corrected chi connectivity index (χ2v) is 15.6. The monoisotopic (exact) mass is 1080 g/mol. The Hall–Kier alpha value is -1.37. The molecule has 0 radical (unpaired) electrons. The molecule has 0 aliphatic rings. The molecule has 0 saturated carbocycles. The van der Waals surface area contributed by atoms with E-state index in [1.54, 1.807) is 6.92 Å². The maximum Gasteiger partial charge on any atom is 0.306 e. The summed E-state index contributed by atoms with van der Waals surface area (Å²) in [4.78, 5) is 81.4. The van der Waals surface area contributed by atoms with Gasteiger partial charge in [0.1, 0.15) is 19.0 Å². The number of hydrogen-bond donors (Lipinski definition) is 5. The average molecular weight is 1080 g/mol. The molecule has 5 N–H and O–H groups in total. The van der Waals surface area contributed by atoms with E-state index in [0.29, 0.717) is 51.9 Å². The number of Topliss-reactive ketones (excluding diaryl/α,β-unsaturated/α-hetero) is 2. The number of ketones is 2. The number of rotatable bonds is 46. The van der Waals surface area contributed by atoms with Crippen LogP contribution >= 0.6 is 81.0 Å². The van der Waals surface area contributed by atoms with Crippen LogP contribution in [0.15, 0.2) is 0 Å². The number of unbranched alkanes of at least 4 members (excludes halogenated alkanes) is 14. The van der Waals surface area contributed by atoms with E-state index in [-0.39, 0.29) is 185 Å². The number of ether oxygens (including phenoxy) is 4. The van der Waals surface area contributed by atoms with Gasteiger partial charge in [0, 0.05) is 53.2 Å². The molecular weight excluding hydrogens is 985 g/mol. The molecule has 0 spiro atoms. The summed E-state index contributed by atoms with van der Waals surface area (Å²) in [5, 5.41) is 32.5. The fourth-order valence-electron chi connectivity index (χ4n) is 6.28. The molecule has 2 atom stereocenters. The van der Waals surface area contributed by atoms with Gasteiger partial charge in [0.25, 0.3) is 0 Å². The molecule has 0 rings (SSSR count). The molecule has 0 aliphatic heterocycles. The predicted octanol–water partition coefficient (Wildman–Crippen LogP) is 7.85. The normalized spacial score (nSPS) is 10.9. The molecule has 0 bridgehead atoms. The Balaban J connectivity index is -0.000000622. The van der Waals surface area contributed by atoms with Crippen molar-refractivity contribution in [2.75, 3.05) is 65.9 Å². The van der Waals surface area contributed by atoms with E-state index in [9.17, 15) is 38.7 Å². The molecule has 16 nitrogen and oxygen atoms in total. The summed E-state index contributed by atoms with van der Waals surface area (Å²) >= 11 is 0. The molecule has 0 unspecified atom stereocenters. The molecule has 0 fully saturated rings. The fourth-order valence-corrected chi connectivity index (χ4v) is 6.28. The van der Waals surface area contributed by atoms with Gasteiger partial charge < -0.3 is 44.9 Å². The lowest BCUT2D eigenvalue weighted by molar-refractivity contribution is -0.144. The summed E-state index contributed by atoms with van der Waals surface area (Å²) in [7, 11) is 0. The van der Waals surface area contributed by atoms with Gasteiger partial charge in [0.15, 0.2) is 5.78 Å². The molecule has 67 heavy (non-hydrogen) atoms. The zero-order valence-electron chi connectivity index (χ0n) is 39.5. The van der Waals surface area contributed by atoms with E-state index in [2.05, 4.69) is 10.6 Å². The maximum absolute atomic E-state index is 12.4. The highest BCUT2D eigenvalue weighted by molar-refractivity contribution is 7.60. The first-order chi connectivity index (χ1) is 28.9. The molecule has 22 heteroatoms. The van der Waals surface area contributed by atoms with Crippen LogP contribution in [-0.4, -0.2) is 123 Å². The zero-order chi connectivity index (χ0) is 44.5. The molecule has 0 heterocycles. The van der Waals surface area contributed by atoms with Crippen LogP contribution in [0.3, 0.4) is 0 Å². The fraction of sp³-hybridized carbons (Fsp3) is 0.844. The van der Waals surface area contributed by atoms with E-state index in [0.717, 1.165) is 51.4 Å². The topological polar surface area (TPSA) is 241 Å². The van der Waals surface area contributed by atoms with Gasteiger partial charge in [0.05, 0.1) is 44.9 Å². The minimum atomic E-state index is -1.07. The SMILES string of the molecule is C.C[C@@H](CCCCNC(=O)COCCOCCCC(=O)COCCOCCNC(=O)CC[C@H](CC(=O)CCCCCCCCCCCCCCCCC(=O)O)C(=O)O)C(=O)O.S.S.S.S.S.S.[HH]. The average Bonchev–Trinajstić information content (AvgIpc) is 3.20. The van der Waals surface area contributed by atoms with Crippen LogP contribution in [0.25, 0.3) is 0 Å². The number of carbonyl (C=O) groups is 7. The summed E-state index contributed by atoms with van der Waals surface area (Å²) in [6.45, 7) is 3.81. The number of carboxylic acids is 3. The summed E-state index contributed by atoms with van der Waals surface area (Å²) < 4.78 is 21.4. The van der Waals surface area contributed by atoms with Crippen LogP contribution in [-0.2, 0) is 52.5 Å². The lowest BCUT2D eigenvalue weighted by Crippen LogP contribution is -2.29. The van der Waals surface area contributed by atoms with Gasteiger partial charge in [-0.25, -0.2) is 0 Å². The summed E-state index contributed by atoms with van der Waals surface area (Å²) in [5.41, 5.74) is 0. The van der Waals surface area contributed by atoms with Gasteiger partial charge in [0.2, 0.25) is 11.8 Å². The molecule has 0 aliphatic carbocycles. The molecule has 0 saturated heterocycles. The van der Waals surface area contributed by atoms with Crippen molar-refractivity contribution in [3.63, 3.8) is 0 Å². The van der Waals surface area contributed by atoms with Gasteiger partial charge in [-0.1, -0.05) is 97.8 Å². The lowest BCUT2D eigenvalue weighted by atomic mass is 9.94. The quantitative estimate of drug-likeness (QED) is 0.0365. The van der Waals surface area contributed by atoms with Crippen molar-refractivity contribution in [1.82, 2.24) is 10.6 Å². The van der Waals surface area contributed by atoms with Crippen molar-refractivity contribution in [3.8, 4) is 0 Å². The minimum absolute atomic E-state index is 0. The second kappa shape index (κ2) is 60.8. The molecule has 0 aromatic heterocycles. The third-order valence-corrected chi connectivity index (χ3v) is 10.0. The van der Waals surface area contributed by atoms with Gasteiger partial charge in [-0.3, -0.25) is 33.6 Å². The van der Waals surface area contributed by atoms with Gasteiger partial charge in [-0.15, -0.1) is 0 Å². The van der Waals surface area contributed by atoms with Crippen molar-refractivity contribution in [2.24, 2.45) is 11.8 Å². The predicted molar refractivity (Wildman–Crippen MR) is 297 cm³/mol. The second-order valence-electron chi connectivity index (χ2n) is 15.6. The Kier molecular flexibility index (Phi) is 74.8. The number of hydrogen-bond acceptors (Lipinski definition) is 11. The van der Waals surface area contributed by atoms with Crippen molar-refractivity contribution in [2.45, 2.75) is 168 Å². The van der Waals surface area contributed by atoms with Gasteiger partial charge in [-0.05, 0) is 38.5 Å². The summed E-state index contributed by atoms with van der Waals surface area (Å²) in [5.74, 6) is -4.58. The number of nitrogens with one attached hydrogen (secondary N) is 2. The van der Waals surface area contributed by atoms with Crippen LogP contribution in [0.1, 0.15) is 170 Å². The largest absolute Gasteiger partial charge is 0.481 e. The lowest BCUT2D eigenvalue weighted by Gasteiger charge is -2.12. The third-order valence-electron chi connectivity index (χ3n) is 10.0. The third kappa shape index (κ3) is 60.7. The minimum Gasteiger partial charge on any atom is -0.481 e. The van der Waals surface area contributed by atoms with Crippen LogP contribution in [0.2, 0.25) is 0 Å². The summed E-state index contributed by atoms with van der Waals surface area (Å²) in [6, 6.07) is 0. The van der Waals surface area contributed by atoms with Crippen molar-refractivity contribution in [3.05, 3.63) is 0 Å². The first-order valence-corrected chi connectivity index (χ1v) is 22.5. The van der Waals surface area contributed by atoms with Crippen LogP contribution in [0.4, 0.5) is 0 Å². The van der Waals surface area contributed by atoms with Crippen molar-refractivity contribution in [1.29, 1.82) is 0 Å². The molecule has 0 aromatic rings. The standard InChI is InChI=1S/C44H78N2O14.CH4.6H2S.H2/c1-36(43(53)54)19-16-17-25-45-41(50)35-60-32-29-57-27-18-21-39(48)34-59-31-30-58-28-26-46-40(49)24-23-37(44(55)56)33-38(47)20-14-12-10-8-6-4-2-3-5-7-9-11-13-15-22-42(51)52;;;;;;;;/h36-37H,2-35H2,1H3,(H,45,50)(H,46,49)(H,51,52)(H,53,54)(H,55,56);1H4;6*1H2;1H/t36-,37+;;;;;;;;/m0......../s1. The van der Waals surface area contributed by atoms with E-state index < -0.39 is 29.7 Å². The van der Waals surface area contributed by atoms with Crippen molar-refractivity contribution < 1.29 is 69.3 Å². The Morgan fingerprint density at radius 1 is 0.433 bits per heavy atom. The highest BCUT2D eigenvalue weighted by Crippen LogP contribution is 2.17. The Morgan fingerprint density at radius 3 is 1.39 bits per heavy atom. The Morgan fingerprint density at radius 2 is 0.881 bits per heavy atom.